The fourth-order valence-corrected chi connectivity index (χ4v) is 4.01. The van der Waals surface area contributed by atoms with Crippen molar-refractivity contribution in [3.8, 4) is 0 Å². The van der Waals surface area contributed by atoms with E-state index in [2.05, 4.69) is 5.32 Å². The summed E-state index contributed by atoms with van der Waals surface area (Å²) in [6, 6.07) is 1.94. The van der Waals surface area contributed by atoms with Crippen LogP contribution in [0.5, 0.6) is 0 Å². The van der Waals surface area contributed by atoms with Crippen molar-refractivity contribution in [3.05, 3.63) is 11.4 Å². The van der Waals surface area contributed by atoms with Gasteiger partial charge in [0, 0.05) is 0 Å². The fraction of sp³-hybridized carbons (Fsp3) is 0.400. The second-order valence-corrected chi connectivity index (χ2v) is 5.94. The van der Waals surface area contributed by atoms with Crippen LogP contribution in [0.25, 0.3) is 0 Å². The van der Waals surface area contributed by atoms with E-state index in [0.717, 1.165) is 9.46 Å². The molecule has 88 valence electrons. The number of anilines is 1. The van der Waals surface area contributed by atoms with Gasteiger partial charge in [0.05, 0.1) is 0 Å². The molecule has 0 unspecified atom stereocenters. The van der Waals surface area contributed by atoms with Gasteiger partial charge in [-0.1, -0.05) is 0 Å². The number of thiophene rings is 1. The molecule has 0 bridgehead atoms. The maximum atomic E-state index is 11.2. The van der Waals surface area contributed by atoms with E-state index in [4.69, 9.17) is 4.74 Å². The molecule has 16 heavy (non-hydrogen) atoms. The molecule has 0 saturated heterocycles. The SMILES string of the molecule is CCOC(=O)C[Se]c1ccsc1NC(C)=O. The zero-order chi connectivity index (χ0) is 12.0. The minimum absolute atomic E-state index is 0.0179. The summed E-state index contributed by atoms with van der Waals surface area (Å²) in [4.78, 5) is 22.1. The molecule has 0 spiro atoms. The average Bonchev–Trinajstić information content (AvgIpc) is 2.62. The monoisotopic (exact) mass is 307 g/mol. The normalized spacial score (nSPS) is 9.88. The standard InChI is InChI=1S/C10H13NO3SSe/c1-3-14-9(13)6-16-8-4-5-15-10(8)11-7(2)12/h4-5H,3,6H2,1-2H3,(H,11,12). The van der Waals surface area contributed by atoms with Crippen LogP contribution in [0.2, 0.25) is 5.32 Å². The molecule has 0 aliphatic heterocycles. The van der Waals surface area contributed by atoms with E-state index in [1.807, 2.05) is 11.4 Å². The molecule has 0 aliphatic carbocycles. The number of hydrogen-bond acceptors (Lipinski definition) is 4. The van der Waals surface area contributed by atoms with E-state index < -0.39 is 0 Å². The van der Waals surface area contributed by atoms with Crippen LogP contribution in [-0.4, -0.2) is 33.4 Å². The number of carbonyl (C=O) groups excluding carboxylic acids is 2. The third-order valence-corrected chi connectivity index (χ3v) is 4.85. The Balaban J connectivity index is 2.50. The topological polar surface area (TPSA) is 55.4 Å². The van der Waals surface area contributed by atoms with E-state index >= 15 is 0 Å². The van der Waals surface area contributed by atoms with Gasteiger partial charge in [-0.25, -0.2) is 0 Å². The molecule has 0 aliphatic rings. The van der Waals surface area contributed by atoms with Crippen LogP contribution in [0.3, 0.4) is 0 Å². The van der Waals surface area contributed by atoms with Gasteiger partial charge >= 0.3 is 104 Å². The van der Waals surface area contributed by atoms with Crippen LogP contribution in [0, 0.1) is 0 Å². The van der Waals surface area contributed by atoms with Crippen molar-refractivity contribution in [1.29, 1.82) is 0 Å². The Bertz CT molecular complexity index is 378. The van der Waals surface area contributed by atoms with Crippen LogP contribution in [0.4, 0.5) is 5.00 Å². The van der Waals surface area contributed by atoms with Crippen LogP contribution in [0.15, 0.2) is 11.4 Å². The van der Waals surface area contributed by atoms with Crippen molar-refractivity contribution >= 4 is 47.6 Å². The first kappa shape index (κ1) is 13.2. The van der Waals surface area contributed by atoms with E-state index in [1.165, 1.54) is 18.3 Å². The number of hydrogen-bond donors (Lipinski definition) is 1. The Kier molecular flexibility index (Phi) is 5.52. The summed E-state index contributed by atoms with van der Waals surface area (Å²) in [5.74, 6) is -0.266. The summed E-state index contributed by atoms with van der Waals surface area (Å²) >= 11 is 1.49. The molecule has 0 atom stereocenters. The molecule has 1 rings (SSSR count). The van der Waals surface area contributed by atoms with Crippen LogP contribution in [0.1, 0.15) is 13.8 Å². The molecular weight excluding hydrogens is 293 g/mol. The molecule has 0 radical (unpaired) electrons. The number of carbonyl (C=O) groups is 2. The van der Waals surface area contributed by atoms with E-state index in [0.29, 0.717) is 11.9 Å². The van der Waals surface area contributed by atoms with Gasteiger partial charge in [-0.15, -0.1) is 0 Å². The predicted octanol–water partition coefficient (Wildman–Crippen LogP) is 1.02. The van der Waals surface area contributed by atoms with Crippen molar-refractivity contribution in [1.82, 2.24) is 0 Å². The molecule has 1 aromatic rings. The van der Waals surface area contributed by atoms with Crippen LogP contribution in [-0.2, 0) is 14.3 Å². The summed E-state index contributed by atoms with van der Waals surface area (Å²) in [7, 11) is 0. The van der Waals surface area contributed by atoms with Gasteiger partial charge in [-0.05, 0) is 0 Å². The fourth-order valence-electron chi connectivity index (χ4n) is 1.00. The minimum atomic E-state index is -0.178. The molecule has 1 aromatic heterocycles. The Hall–Kier alpha value is -0.841. The molecule has 6 heteroatoms. The first-order valence-corrected chi connectivity index (χ1v) is 7.71. The number of ether oxygens (including phenoxy) is 1. The Morgan fingerprint density at radius 1 is 1.56 bits per heavy atom. The summed E-state index contributed by atoms with van der Waals surface area (Å²) in [5.41, 5.74) is 0. The first-order valence-electron chi connectivity index (χ1n) is 4.77. The second kappa shape index (κ2) is 6.68. The Labute approximate surface area is 105 Å². The summed E-state index contributed by atoms with van der Waals surface area (Å²) in [5, 5.41) is 5.91. The third kappa shape index (κ3) is 4.35. The zero-order valence-electron chi connectivity index (χ0n) is 9.11. The van der Waals surface area contributed by atoms with Gasteiger partial charge in [0.15, 0.2) is 0 Å². The molecular formula is C10H13NO3SSe. The van der Waals surface area contributed by atoms with E-state index in [-0.39, 0.29) is 26.8 Å². The first-order chi connectivity index (χ1) is 7.63. The van der Waals surface area contributed by atoms with Crippen molar-refractivity contribution in [2.45, 2.75) is 19.2 Å². The Morgan fingerprint density at radius 2 is 2.31 bits per heavy atom. The second-order valence-electron chi connectivity index (χ2n) is 2.89. The van der Waals surface area contributed by atoms with E-state index in [1.54, 1.807) is 6.92 Å². The summed E-state index contributed by atoms with van der Waals surface area (Å²) in [6.45, 7) is 3.68. The molecule has 1 N–H and O–H groups in total. The number of nitrogens with one attached hydrogen (secondary N) is 1. The van der Waals surface area contributed by atoms with Crippen molar-refractivity contribution in [2.75, 3.05) is 11.9 Å². The quantitative estimate of drug-likeness (QED) is 0.653. The number of rotatable bonds is 5. The van der Waals surface area contributed by atoms with Gasteiger partial charge in [-0.3, -0.25) is 0 Å². The summed E-state index contributed by atoms with van der Waals surface area (Å²) < 4.78 is 5.90. The molecule has 1 heterocycles. The van der Waals surface area contributed by atoms with Gasteiger partial charge in [0.2, 0.25) is 0 Å². The van der Waals surface area contributed by atoms with Crippen LogP contribution < -0.4 is 9.78 Å². The number of esters is 1. The molecule has 0 fully saturated rings. The number of amides is 1. The third-order valence-electron chi connectivity index (χ3n) is 1.57. The van der Waals surface area contributed by atoms with Crippen molar-refractivity contribution in [2.24, 2.45) is 0 Å². The molecule has 1 amide bonds. The average molecular weight is 306 g/mol. The maximum absolute atomic E-state index is 11.2. The zero-order valence-corrected chi connectivity index (χ0v) is 11.6. The molecule has 0 saturated carbocycles. The van der Waals surface area contributed by atoms with Crippen molar-refractivity contribution < 1.29 is 14.3 Å². The van der Waals surface area contributed by atoms with Gasteiger partial charge in [0.25, 0.3) is 0 Å². The van der Waals surface area contributed by atoms with Gasteiger partial charge < -0.3 is 0 Å². The van der Waals surface area contributed by atoms with Crippen LogP contribution >= 0.6 is 11.3 Å². The Morgan fingerprint density at radius 3 is 2.94 bits per heavy atom. The van der Waals surface area contributed by atoms with Gasteiger partial charge in [0.1, 0.15) is 0 Å². The predicted molar refractivity (Wildman–Crippen MR) is 65.5 cm³/mol. The van der Waals surface area contributed by atoms with Crippen molar-refractivity contribution in [3.63, 3.8) is 0 Å². The van der Waals surface area contributed by atoms with E-state index in [9.17, 15) is 9.59 Å². The summed E-state index contributed by atoms with van der Waals surface area (Å²) in [6.07, 6.45) is 0. The van der Waals surface area contributed by atoms with Gasteiger partial charge in [-0.2, -0.15) is 0 Å². The molecule has 4 nitrogen and oxygen atoms in total. The molecule has 0 aromatic carbocycles.